The molecule has 1 aliphatic heterocycles. The molecule has 0 aromatic carbocycles. The fourth-order valence-corrected chi connectivity index (χ4v) is 10.9. The van der Waals surface area contributed by atoms with Crippen LogP contribution in [0.4, 0.5) is 0 Å². The molecule has 0 unspecified atom stereocenters. The standard InChI is InChI=1S/C63H111N11O13/c1-25-27-28-40(15)53(77)52-57(81)65-43(26-2)59(83)68(18)33-48(76)72(22)51(42(17)75)56(80)67-49(38(11)12)62(86)69(19)45(30-35(5)6)55(79)66-44(29-34(3)4)54(78)64-41(16)58(82)70(20)46(31-36(7)8)60(84)71(21)47(32-37(9)10)61(85)73(23)50(39(13)14)63(87)74(52)24/h25,27,34-37,39-47,49-53,75,77H,11,26,28-33H2,1-10,12-24H3,(H,64,78)(H,65,81)(H,66,79)(H,67,80)/b27-25+/t40-,41-,42-,43+,44+,45+,46+,47-,49+,50+,51+,52+,53-/m1/s1. The maximum Gasteiger partial charge on any atom is 0.249 e. The van der Waals surface area contributed by atoms with Gasteiger partial charge in [0.1, 0.15) is 60.4 Å². The maximum atomic E-state index is 15.2. The second-order valence-electron chi connectivity index (χ2n) is 26.2. The summed E-state index contributed by atoms with van der Waals surface area (Å²) >= 11 is 0. The minimum Gasteiger partial charge on any atom is -0.391 e. The lowest BCUT2D eigenvalue weighted by Gasteiger charge is -2.41. The topological polar surface area (TPSA) is 299 Å². The van der Waals surface area contributed by atoms with Gasteiger partial charge in [-0.25, -0.2) is 0 Å². The van der Waals surface area contributed by atoms with Gasteiger partial charge < -0.3 is 65.8 Å². The Morgan fingerprint density at radius 1 is 0.517 bits per heavy atom. The first-order chi connectivity index (χ1) is 40.1. The smallest absolute Gasteiger partial charge is 0.249 e. The number of rotatable bonds is 16. The van der Waals surface area contributed by atoms with E-state index in [0.29, 0.717) is 0 Å². The van der Waals surface area contributed by atoms with Crippen LogP contribution in [0.5, 0.6) is 0 Å². The van der Waals surface area contributed by atoms with Crippen molar-refractivity contribution in [3.63, 3.8) is 0 Å². The molecule has 6 N–H and O–H groups in total. The number of likely N-dealkylation sites (N-methyl/N-ethyl adjacent to an activating group) is 7. The average molecular weight is 1230 g/mol. The molecule has 0 aromatic heterocycles. The number of nitrogens with zero attached hydrogens (tertiary/aromatic N) is 7. The van der Waals surface area contributed by atoms with Crippen LogP contribution in [-0.2, 0) is 52.7 Å². The molecule has 496 valence electrons. The van der Waals surface area contributed by atoms with Gasteiger partial charge in [0.05, 0.1) is 18.8 Å². The predicted molar refractivity (Wildman–Crippen MR) is 334 cm³/mol. The van der Waals surface area contributed by atoms with Gasteiger partial charge in [-0.05, 0) is 107 Å². The Morgan fingerprint density at radius 3 is 1.40 bits per heavy atom. The van der Waals surface area contributed by atoms with Gasteiger partial charge in [-0.15, -0.1) is 0 Å². The highest BCUT2D eigenvalue weighted by molar-refractivity contribution is 6.00. The van der Waals surface area contributed by atoms with Crippen LogP contribution in [0.3, 0.4) is 0 Å². The van der Waals surface area contributed by atoms with E-state index in [9.17, 15) is 48.6 Å². The molecule has 11 amide bonds. The highest BCUT2D eigenvalue weighted by Gasteiger charge is 2.46. The molecule has 1 rings (SSSR count). The normalized spacial score (nSPS) is 26.8. The Balaban J connectivity index is 4.40. The number of hydrogen-bond acceptors (Lipinski definition) is 13. The van der Waals surface area contributed by atoms with Crippen LogP contribution in [0.25, 0.3) is 0 Å². The number of amides is 11. The number of aliphatic hydroxyl groups excluding tert-OH is 2. The summed E-state index contributed by atoms with van der Waals surface area (Å²) in [6.45, 7) is 30.7. The van der Waals surface area contributed by atoms with Crippen molar-refractivity contribution in [1.29, 1.82) is 0 Å². The van der Waals surface area contributed by atoms with Gasteiger partial charge in [-0.1, -0.05) is 102 Å². The Kier molecular flexibility index (Phi) is 32.1. The van der Waals surface area contributed by atoms with Gasteiger partial charge in [-0.3, -0.25) is 52.7 Å². The minimum absolute atomic E-state index is 0.0272. The fourth-order valence-electron chi connectivity index (χ4n) is 10.9. The molecular formula is C63H111N11O13. The molecule has 24 heteroatoms. The van der Waals surface area contributed by atoms with E-state index in [0.717, 1.165) is 19.6 Å². The molecule has 0 bridgehead atoms. The van der Waals surface area contributed by atoms with Crippen molar-refractivity contribution in [3.05, 3.63) is 24.3 Å². The van der Waals surface area contributed by atoms with Crippen LogP contribution in [0.2, 0.25) is 0 Å². The molecule has 13 atom stereocenters. The van der Waals surface area contributed by atoms with E-state index in [1.165, 1.54) is 84.8 Å². The Morgan fingerprint density at radius 2 is 0.954 bits per heavy atom. The second kappa shape index (κ2) is 35.5. The van der Waals surface area contributed by atoms with E-state index in [-0.39, 0.29) is 67.8 Å². The van der Waals surface area contributed by atoms with Gasteiger partial charge in [0.15, 0.2) is 0 Å². The predicted octanol–water partition coefficient (Wildman–Crippen LogP) is 2.55. The zero-order chi connectivity index (χ0) is 67.6. The third kappa shape index (κ3) is 22.0. The lowest BCUT2D eigenvalue weighted by Crippen LogP contribution is -2.63. The van der Waals surface area contributed by atoms with Crippen LogP contribution in [0.1, 0.15) is 149 Å². The molecule has 0 radical (unpaired) electrons. The van der Waals surface area contributed by atoms with Crippen molar-refractivity contribution in [3.8, 4) is 0 Å². The van der Waals surface area contributed by atoms with E-state index >= 15 is 14.4 Å². The van der Waals surface area contributed by atoms with Gasteiger partial charge >= 0.3 is 0 Å². The van der Waals surface area contributed by atoms with Crippen LogP contribution >= 0.6 is 0 Å². The summed E-state index contributed by atoms with van der Waals surface area (Å²) in [5, 5.41) is 34.0. The number of carbonyl (C=O) groups is 11. The third-order valence-electron chi connectivity index (χ3n) is 16.1. The van der Waals surface area contributed by atoms with Crippen molar-refractivity contribution in [1.82, 2.24) is 55.6 Å². The van der Waals surface area contributed by atoms with Crippen molar-refractivity contribution in [2.75, 3.05) is 55.9 Å². The van der Waals surface area contributed by atoms with Gasteiger partial charge in [0, 0.05) is 49.3 Å². The Bertz CT molecular complexity index is 2430. The number of hydrogen-bond donors (Lipinski definition) is 6. The summed E-state index contributed by atoms with van der Waals surface area (Å²) in [5.41, 5.74) is 0.131. The largest absolute Gasteiger partial charge is 0.391 e. The summed E-state index contributed by atoms with van der Waals surface area (Å²) in [6, 6.07) is -13.5. The molecule has 87 heavy (non-hydrogen) atoms. The number of carbonyl (C=O) groups excluding carboxylic acids is 11. The molecule has 1 heterocycles. The molecule has 1 fully saturated rings. The van der Waals surface area contributed by atoms with Crippen molar-refractivity contribution >= 4 is 65.0 Å². The molecule has 0 aliphatic carbocycles. The van der Waals surface area contributed by atoms with E-state index in [1.54, 1.807) is 46.8 Å². The first kappa shape index (κ1) is 78.6. The first-order valence-electron chi connectivity index (χ1n) is 30.8. The molecule has 0 saturated carbocycles. The lowest BCUT2D eigenvalue weighted by molar-refractivity contribution is -0.157. The van der Waals surface area contributed by atoms with E-state index in [4.69, 9.17) is 0 Å². The lowest BCUT2D eigenvalue weighted by atomic mass is 9.91. The molecule has 1 aliphatic rings. The summed E-state index contributed by atoms with van der Waals surface area (Å²) in [4.78, 5) is 169. The van der Waals surface area contributed by atoms with Crippen LogP contribution in [0, 0.1) is 35.5 Å². The van der Waals surface area contributed by atoms with Crippen LogP contribution in [0.15, 0.2) is 24.3 Å². The van der Waals surface area contributed by atoms with Crippen molar-refractivity contribution < 1.29 is 63.0 Å². The zero-order valence-corrected chi connectivity index (χ0v) is 56.7. The van der Waals surface area contributed by atoms with Crippen LogP contribution in [-0.4, -0.2) is 238 Å². The highest BCUT2D eigenvalue weighted by Crippen LogP contribution is 2.26. The maximum absolute atomic E-state index is 15.2. The summed E-state index contributed by atoms with van der Waals surface area (Å²) in [5.74, 6) is -10.3. The molecular weight excluding hydrogens is 1120 g/mol. The van der Waals surface area contributed by atoms with Gasteiger partial charge in [-0.2, -0.15) is 0 Å². The second-order valence-corrected chi connectivity index (χ2v) is 26.2. The Labute approximate surface area is 519 Å². The molecule has 24 nitrogen and oxygen atoms in total. The average Bonchev–Trinajstić information content (AvgIpc) is 1.86. The van der Waals surface area contributed by atoms with Crippen molar-refractivity contribution in [2.24, 2.45) is 35.5 Å². The number of aliphatic hydroxyl groups is 2. The van der Waals surface area contributed by atoms with Crippen molar-refractivity contribution in [2.45, 2.75) is 222 Å². The summed E-state index contributed by atoms with van der Waals surface area (Å²) in [6.07, 6.45) is 1.20. The van der Waals surface area contributed by atoms with E-state index in [2.05, 4.69) is 27.8 Å². The summed E-state index contributed by atoms with van der Waals surface area (Å²) < 4.78 is 0. The SMILES string of the molecule is C=C(C)[C@@H]1NC(=O)[C@H]([C@@H](C)O)N(C)C(=O)CN(C)C(=O)[C@H](CC)NC(=O)[C@H]([C@H](O)[C@H](C)C/C=C/C)N(C)C(=O)[C@H](C(C)C)N(C)C(=O)[C@@H](CC(C)C)N(C)C(=O)[C@H](CC(C)C)N(C)C(=O)[C@@H](C)NC(=O)[C@H](CC(C)C)NC(=O)[C@H](CC(C)C)N(C)C1=O. The van der Waals surface area contributed by atoms with Gasteiger partial charge in [0.2, 0.25) is 65.0 Å². The number of nitrogens with one attached hydrogen (secondary N) is 4. The number of allylic oxidation sites excluding steroid dienone is 2. The molecule has 0 aromatic rings. The monoisotopic (exact) mass is 1230 g/mol. The van der Waals surface area contributed by atoms with E-state index in [1.807, 2.05) is 55.4 Å². The minimum atomic E-state index is -1.65. The van der Waals surface area contributed by atoms with Crippen LogP contribution < -0.4 is 21.3 Å². The highest BCUT2D eigenvalue weighted by atomic mass is 16.3. The third-order valence-corrected chi connectivity index (χ3v) is 16.1. The molecule has 1 saturated heterocycles. The Hall–Kier alpha value is -6.43. The van der Waals surface area contributed by atoms with Gasteiger partial charge in [0.25, 0.3) is 0 Å². The summed E-state index contributed by atoms with van der Waals surface area (Å²) in [7, 11) is 9.52. The fraction of sp³-hybridized carbons (Fsp3) is 0.762. The molecule has 0 spiro atoms. The first-order valence-corrected chi connectivity index (χ1v) is 30.8. The quantitative estimate of drug-likeness (QED) is 0.121. The van der Waals surface area contributed by atoms with E-state index < -0.39 is 156 Å². The zero-order valence-electron chi connectivity index (χ0n) is 56.7.